The van der Waals surface area contributed by atoms with Crippen LogP contribution in [0.2, 0.25) is 0 Å². The molecule has 2 rings (SSSR count). The largest absolute Gasteiger partial charge is 0.490 e. The molecule has 1 aliphatic rings. The zero-order chi connectivity index (χ0) is 10.8. The number of nitro benzene ring substituents is 1. The summed E-state index contributed by atoms with van der Waals surface area (Å²) in [5.74, 6) is 0.393. The van der Waals surface area contributed by atoms with Gasteiger partial charge < -0.3 is 14.2 Å². The lowest BCUT2D eigenvalue weighted by atomic mass is 10.2. The summed E-state index contributed by atoms with van der Waals surface area (Å²) in [4.78, 5) is 10.2. The number of rotatable bonds is 2. The molecule has 0 saturated heterocycles. The Morgan fingerprint density at radius 1 is 1.64 bits per heavy atom. The van der Waals surface area contributed by atoms with Crippen molar-refractivity contribution in [3.8, 4) is 17.2 Å². The monoisotopic (exact) mass is 198 g/mol. The van der Waals surface area contributed by atoms with Crippen molar-refractivity contribution in [2.75, 3.05) is 13.9 Å². The average molecular weight is 198 g/mol. The SMILES string of the molecule is [2H]COc1ccc2c(c1[N+](=O)[O-])OCO2. The molecule has 0 amide bonds. The highest BCUT2D eigenvalue weighted by Crippen LogP contribution is 2.45. The van der Waals surface area contributed by atoms with Gasteiger partial charge in [0.05, 0.1) is 13.4 Å². The molecule has 1 heterocycles. The maximum atomic E-state index is 10.8. The molecule has 0 unspecified atom stereocenters. The molecule has 74 valence electrons. The fraction of sp³-hybridized carbons (Fsp3) is 0.250. The molecule has 1 aromatic carbocycles. The van der Waals surface area contributed by atoms with Gasteiger partial charge in [-0.3, -0.25) is 10.1 Å². The van der Waals surface area contributed by atoms with E-state index in [0.29, 0.717) is 5.75 Å². The third kappa shape index (κ3) is 1.12. The number of nitrogens with zero attached hydrogens (tertiary/aromatic N) is 1. The summed E-state index contributed by atoms with van der Waals surface area (Å²) in [6, 6.07) is 2.90. The molecular formula is C8H7NO5. The molecule has 0 aromatic heterocycles. The van der Waals surface area contributed by atoms with Crippen molar-refractivity contribution in [3.63, 3.8) is 0 Å². The predicted molar refractivity (Wildman–Crippen MR) is 45.8 cm³/mol. The number of methoxy groups -OCH3 is 1. The maximum Gasteiger partial charge on any atom is 0.356 e. The number of fused-ring (bicyclic) bond motifs is 1. The Kier molecular flexibility index (Phi) is 1.62. The first-order valence-electron chi connectivity index (χ1n) is 4.43. The van der Waals surface area contributed by atoms with Crippen molar-refractivity contribution in [3.05, 3.63) is 22.2 Å². The van der Waals surface area contributed by atoms with Crippen molar-refractivity contribution in [2.45, 2.75) is 0 Å². The van der Waals surface area contributed by atoms with E-state index in [0.717, 1.165) is 0 Å². The number of benzene rings is 1. The first-order chi connectivity index (χ1) is 7.24. The number of ether oxygens (including phenoxy) is 3. The van der Waals surface area contributed by atoms with Crippen LogP contribution in [-0.2, 0) is 0 Å². The van der Waals surface area contributed by atoms with Crippen molar-refractivity contribution in [1.29, 1.82) is 0 Å². The van der Waals surface area contributed by atoms with Crippen LogP contribution in [0.15, 0.2) is 12.1 Å². The van der Waals surface area contributed by atoms with Gasteiger partial charge in [0.2, 0.25) is 18.3 Å². The summed E-state index contributed by atoms with van der Waals surface area (Å²) >= 11 is 0. The minimum Gasteiger partial charge on any atom is -0.490 e. The Morgan fingerprint density at radius 2 is 2.50 bits per heavy atom. The summed E-state index contributed by atoms with van der Waals surface area (Å²) in [7, 11) is -0.388. The summed E-state index contributed by atoms with van der Waals surface area (Å²) in [5, 5.41) is 10.8. The van der Waals surface area contributed by atoms with Crippen LogP contribution < -0.4 is 14.2 Å². The van der Waals surface area contributed by atoms with E-state index in [2.05, 4.69) is 0 Å². The molecule has 0 saturated carbocycles. The fourth-order valence-corrected chi connectivity index (χ4v) is 1.23. The van der Waals surface area contributed by atoms with E-state index in [1.165, 1.54) is 12.1 Å². The first-order valence-corrected chi connectivity index (χ1v) is 3.73. The fourth-order valence-electron chi connectivity index (χ4n) is 1.23. The molecule has 0 fully saturated rings. The zero-order valence-corrected chi connectivity index (χ0v) is 7.06. The van der Waals surface area contributed by atoms with Crippen molar-refractivity contribution in [2.24, 2.45) is 0 Å². The van der Waals surface area contributed by atoms with Crippen molar-refractivity contribution >= 4 is 5.69 Å². The number of hydrogen-bond donors (Lipinski definition) is 0. The molecule has 0 bridgehead atoms. The minimum atomic E-state index is -0.613. The average Bonchev–Trinajstić information content (AvgIpc) is 2.64. The normalized spacial score (nSPS) is 13.6. The summed E-state index contributed by atoms with van der Waals surface area (Å²) in [6.45, 7) is -0.0412. The van der Waals surface area contributed by atoms with E-state index >= 15 is 0 Å². The molecule has 0 atom stereocenters. The highest BCUT2D eigenvalue weighted by atomic mass is 16.7. The molecule has 0 N–H and O–H groups in total. The summed E-state index contributed by atoms with van der Waals surface area (Å²) < 4.78 is 21.6. The van der Waals surface area contributed by atoms with Gasteiger partial charge >= 0.3 is 5.69 Å². The lowest BCUT2D eigenvalue weighted by molar-refractivity contribution is -0.386. The van der Waals surface area contributed by atoms with E-state index in [4.69, 9.17) is 15.6 Å². The molecule has 0 aliphatic carbocycles. The van der Waals surface area contributed by atoms with E-state index in [1.54, 1.807) is 0 Å². The van der Waals surface area contributed by atoms with Crippen LogP contribution in [0.5, 0.6) is 17.2 Å². The highest BCUT2D eigenvalue weighted by Gasteiger charge is 2.29. The number of nitro groups is 1. The second-order valence-corrected chi connectivity index (χ2v) is 2.55. The van der Waals surface area contributed by atoms with Gasteiger partial charge in [-0.1, -0.05) is 0 Å². The Bertz CT molecular complexity index is 408. The second kappa shape index (κ2) is 3.06. The van der Waals surface area contributed by atoms with Crippen molar-refractivity contribution in [1.82, 2.24) is 0 Å². The minimum absolute atomic E-state index is 0.0132. The molecule has 14 heavy (non-hydrogen) atoms. The van der Waals surface area contributed by atoms with Gasteiger partial charge in [-0.05, 0) is 12.1 Å². The van der Waals surface area contributed by atoms with Crippen LogP contribution in [0, 0.1) is 10.1 Å². The Balaban J connectivity index is 2.53. The summed E-state index contributed by atoms with van der Waals surface area (Å²) in [6.07, 6.45) is 0. The molecule has 0 radical (unpaired) electrons. The second-order valence-electron chi connectivity index (χ2n) is 2.55. The van der Waals surface area contributed by atoms with Gasteiger partial charge in [-0.25, -0.2) is 0 Å². The van der Waals surface area contributed by atoms with Gasteiger partial charge in [0, 0.05) is 0 Å². The van der Waals surface area contributed by atoms with Crippen LogP contribution in [-0.4, -0.2) is 18.8 Å². The van der Waals surface area contributed by atoms with Crippen molar-refractivity contribution < 1.29 is 20.5 Å². The van der Waals surface area contributed by atoms with Gasteiger partial charge in [-0.2, -0.15) is 0 Å². The Hall–Kier alpha value is -1.98. The molecule has 1 aliphatic heterocycles. The van der Waals surface area contributed by atoms with Crippen LogP contribution in [0.4, 0.5) is 5.69 Å². The topological polar surface area (TPSA) is 70.8 Å². The third-order valence-corrected chi connectivity index (χ3v) is 1.81. The maximum absolute atomic E-state index is 10.8. The van der Waals surface area contributed by atoms with Crippen LogP contribution in [0.1, 0.15) is 1.37 Å². The quantitative estimate of drug-likeness (QED) is 0.529. The Morgan fingerprint density at radius 3 is 3.21 bits per heavy atom. The molecule has 0 spiro atoms. The predicted octanol–water partition coefficient (Wildman–Crippen LogP) is 1.33. The smallest absolute Gasteiger partial charge is 0.356 e. The standard InChI is InChI=1S/C8H7NO5/c1-12-5-2-3-6-8(14-4-13-6)7(5)9(10)11/h2-3H,4H2,1H3/i1D. The van der Waals surface area contributed by atoms with E-state index in [1.807, 2.05) is 0 Å². The van der Waals surface area contributed by atoms with Crippen LogP contribution >= 0.6 is 0 Å². The van der Waals surface area contributed by atoms with Crippen LogP contribution in [0.3, 0.4) is 0 Å². The third-order valence-electron chi connectivity index (χ3n) is 1.81. The van der Waals surface area contributed by atoms with Crippen LogP contribution in [0.25, 0.3) is 0 Å². The van der Waals surface area contributed by atoms with Gasteiger partial charge in [0.1, 0.15) is 0 Å². The lowest BCUT2D eigenvalue weighted by Gasteiger charge is -2.03. The molecular weight excluding hydrogens is 190 g/mol. The molecule has 6 heteroatoms. The van der Waals surface area contributed by atoms with Gasteiger partial charge in [-0.15, -0.1) is 0 Å². The number of hydrogen-bond acceptors (Lipinski definition) is 5. The molecule has 1 aromatic rings. The molecule has 6 nitrogen and oxygen atoms in total. The zero-order valence-electron chi connectivity index (χ0n) is 8.06. The Labute approximate surface area is 80.6 Å². The van der Waals surface area contributed by atoms with Gasteiger partial charge in [0.25, 0.3) is 0 Å². The van der Waals surface area contributed by atoms with Gasteiger partial charge in [0.15, 0.2) is 5.75 Å². The summed E-state index contributed by atoms with van der Waals surface area (Å²) in [5.41, 5.74) is -0.294. The van der Waals surface area contributed by atoms with E-state index in [9.17, 15) is 10.1 Å². The lowest BCUT2D eigenvalue weighted by Crippen LogP contribution is -1.96. The highest BCUT2D eigenvalue weighted by molar-refractivity contribution is 5.64. The van der Waals surface area contributed by atoms with E-state index in [-0.39, 0.29) is 31.1 Å². The van der Waals surface area contributed by atoms with E-state index < -0.39 is 4.92 Å². The first kappa shape index (κ1) is 7.43.